The van der Waals surface area contributed by atoms with Gasteiger partial charge in [-0.25, -0.2) is 13.1 Å². The Morgan fingerprint density at radius 2 is 2.10 bits per heavy atom. The number of H-pyrrole nitrogens is 1. The topological polar surface area (TPSA) is 133 Å². The number of sulfonamides is 1. The third-order valence-electron chi connectivity index (χ3n) is 2.61. The molecule has 0 aliphatic rings. The van der Waals surface area contributed by atoms with Crippen molar-refractivity contribution < 1.29 is 13.6 Å². The maximum absolute atomic E-state index is 11.8. The zero-order valence-corrected chi connectivity index (χ0v) is 11.1. The summed E-state index contributed by atoms with van der Waals surface area (Å²) in [4.78, 5) is 0.0748. The van der Waals surface area contributed by atoms with Crippen LogP contribution < -0.4 is 10.5 Å². The molecule has 106 valence electrons. The van der Waals surface area contributed by atoms with Crippen LogP contribution in [0.1, 0.15) is 11.1 Å². The van der Waals surface area contributed by atoms with Crippen molar-refractivity contribution in [2.75, 3.05) is 0 Å². The molecule has 1 aromatic carbocycles. The summed E-state index contributed by atoms with van der Waals surface area (Å²) in [6.45, 7) is 0.129. The lowest BCUT2D eigenvalue weighted by Crippen LogP contribution is -2.23. The summed E-state index contributed by atoms with van der Waals surface area (Å²) in [5, 5.41) is 17.4. The number of nitrogens with two attached hydrogens (primary N) is 1. The second-order valence-electron chi connectivity index (χ2n) is 3.94. The highest BCUT2D eigenvalue weighted by molar-refractivity contribution is 7.89. The smallest absolute Gasteiger partial charge is 0.243 e. The summed E-state index contributed by atoms with van der Waals surface area (Å²) in [5.41, 5.74) is 6.72. The number of hydrogen-bond acceptors (Lipinski definition) is 5. The first kappa shape index (κ1) is 14.0. The fourth-order valence-electron chi connectivity index (χ4n) is 1.50. The van der Waals surface area contributed by atoms with Crippen LogP contribution in [0.2, 0.25) is 0 Å². The van der Waals surface area contributed by atoms with E-state index in [0.29, 0.717) is 5.56 Å². The van der Waals surface area contributed by atoms with Crippen LogP contribution in [-0.4, -0.2) is 29.7 Å². The Balaban J connectivity index is 2.05. The zero-order chi connectivity index (χ0) is 14.6. The van der Waals surface area contributed by atoms with Gasteiger partial charge in [-0.1, -0.05) is 29.4 Å². The standard InChI is InChI=1S/C11H13N5O3S/c12-11(16-17)9-3-1-8(2-4-9)5-15-20(18,19)10-6-13-14-7-10/h1-4,6-7,15,17H,5H2,(H2,12,16)(H,13,14). The van der Waals surface area contributed by atoms with E-state index in [2.05, 4.69) is 20.1 Å². The molecule has 1 aromatic heterocycles. The fraction of sp³-hybridized carbons (Fsp3) is 0.0909. The van der Waals surface area contributed by atoms with Crippen molar-refractivity contribution in [1.29, 1.82) is 0 Å². The molecule has 0 atom stereocenters. The molecule has 0 spiro atoms. The third kappa shape index (κ3) is 3.13. The quantitative estimate of drug-likeness (QED) is 0.266. The largest absolute Gasteiger partial charge is 0.409 e. The van der Waals surface area contributed by atoms with Gasteiger partial charge < -0.3 is 10.9 Å². The molecule has 2 aromatic rings. The number of oxime groups is 1. The predicted octanol–water partition coefficient (Wildman–Crippen LogP) is -0.0173. The van der Waals surface area contributed by atoms with Crippen molar-refractivity contribution >= 4 is 15.9 Å². The van der Waals surface area contributed by atoms with Crippen LogP contribution in [0.5, 0.6) is 0 Å². The first-order valence-corrected chi connectivity index (χ1v) is 7.06. The van der Waals surface area contributed by atoms with Gasteiger partial charge in [0.15, 0.2) is 5.84 Å². The number of amidine groups is 1. The minimum atomic E-state index is -3.58. The highest BCUT2D eigenvalue weighted by Crippen LogP contribution is 2.08. The van der Waals surface area contributed by atoms with E-state index in [1.54, 1.807) is 24.3 Å². The summed E-state index contributed by atoms with van der Waals surface area (Å²) < 4.78 is 26.1. The van der Waals surface area contributed by atoms with Crippen molar-refractivity contribution in [2.45, 2.75) is 11.4 Å². The molecule has 0 amide bonds. The number of hydrogen-bond donors (Lipinski definition) is 4. The highest BCUT2D eigenvalue weighted by atomic mass is 32.2. The van der Waals surface area contributed by atoms with E-state index in [0.717, 1.165) is 5.56 Å². The molecule has 2 rings (SSSR count). The normalized spacial score (nSPS) is 12.5. The molecule has 0 aliphatic carbocycles. The molecule has 5 N–H and O–H groups in total. The molecule has 0 bridgehead atoms. The van der Waals surface area contributed by atoms with Gasteiger partial charge in [0.25, 0.3) is 0 Å². The number of benzene rings is 1. The second kappa shape index (κ2) is 5.72. The van der Waals surface area contributed by atoms with Crippen LogP contribution in [0.4, 0.5) is 0 Å². The van der Waals surface area contributed by atoms with Crippen molar-refractivity contribution in [2.24, 2.45) is 10.9 Å². The summed E-state index contributed by atoms with van der Waals surface area (Å²) in [7, 11) is -3.58. The molecular weight excluding hydrogens is 282 g/mol. The van der Waals surface area contributed by atoms with E-state index in [9.17, 15) is 8.42 Å². The van der Waals surface area contributed by atoms with E-state index in [4.69, 9.17) is 10.9 Å². The Hall–Kier alpha value is -2.39. The van der Waals surface area contributed by atoms with Crippen LogP contribution in [0.25, 0.3) is 0 Å². The summed E-state index contributed by atoms with van der Waals surface area (Å²) in [6.07, 6.45) is 2.52. The number of nitrogens with zero attached hydrogens (tertiary/aromatic N) is 2. The van der Waals surface area contributed by atoms with E-state index in [1.807, 2.05) is 0 Å². The van der Waals surface area contributed by atoms with E-state index in [-0.39, 0.29) is 17.3 Å². The molecular formula is C11H13N5O3S. The second-order valence-corrected chi connectivity index (χ2v) is 5.71. The van der Waals surface area contributed by atoms with Crippen LogP contribution >= 0.6 is 0 Å². The molecule has 0 unspecified atom stereocenters. The lowest BCUT2D eigenvalue weighted by Gasteiger charge is -2.05. The Morgan fingerprint density at radius 3 is 2.65 bits per heavy atom. The van der Waals surface area contributed by atoms with Crippen LogP contribution in [0.15, 0.2) is 46.7 Å². The summed E-state index contributed by atoms with van der Waals surface area (Å²) >= 11 is 0. The van der Waals surface area contributed by atoms with Gasteiger partial charge in [-0.15, -0.1) is 0 Å². The van der Waals surface area contributed by atoms with Crippen LogP contribution in [-0.2, 0) is 16.6 Å². The molecule has 8 nitrogen and oxygen atoms in total. The maximum Gasteiger partial charge on any atom is 0.243 e. The van der Waals surface area contributed by atoms with Crippen molar-refractivity contribution in [3.05, 3.63) is 47.8 Å². The lowest BCUT2D eigenvalue weighted by molar-refractivity contribution is 0.318. The minimum Gasteiger partial charge on any atom is -0.409 e. The average Bonchev–Trinajstić information content (AvgIpc) is 3.00. The highest BCUT2D eigenvalue weighted by Gasteiger charge is 2.14. The van der Waals surface area contributed by atoms with Crippen molar-refractivity contribution in [3.63, 3.8) is 0 Å². The lowest BCUT2D eigenvalue weighted by atomic mass is 10.1. The van der Waals surface area contributed by atoms with Gasteiger partial charge in [0.1, 0.15) is 4.90 Å². The summed E-state index contributed by atoms with van der Waals surface area (Å²) in [6, 6.07) is 6.64. The van der Waals surface area contributed by atoms with Gasteiger partial charge >= 0.3 is 0 Å². The third-order valence-corrected chi connectivity index (χ3v) is 3.98. The Bertz CT molecular complexity index is 692. The fourth-order valence-corrected chi connectivity index (χ4v) is 2.42. The number of aromatic nitrogens is 2. The first-order chi connectivity index (χ1) is 9.53. The van der Waals surface area contributed by atoms with Gasteiger partial charge in [-0.3, -0.25) is 5.10 Å². The number of rotatable bonds is 5. The first-order valence-electron chi connectivity index (χ1n) is 5.58. The van der Waals surface area contributed by atoms with Crippen molar-refractivity contribution in [3.8, 4) is 0 Å². The van der Waals surface area contributed by atoms with Crippen LogP contribution in [0.3, 0.4) is 0 Å². The van der Waals surface area contributed by atoms with E-state index in [1.165, 1.54) is 12.4 Å². The zero-order valence-electron chi connectivity index (χ0n) is 10.3. The van der Waals surface area contributed by atoms with Gasteiger partial charge in [0, 0.05) is 18.3 Å². The molecule has 9 heteroatoms. The molecule has 1 heterocycles. The molecule has 0 aliphatic heterocycles. The maximum atomic E-state index is 11.8. The number of aromatic amines is 1. The SMILES string of the molecule is NC(=NO)c1ccc(CNS(=O)(=O)c2cn[nH]c2)cc1. The summed E-state index contributed by atoms with van der Waals surface area (Å²) in [5.74, 6) is -0.00414. The minimum absolute atomic E-state index is 0.00414. The Morgan fingerprint density at radius 1 is 1.40 bits per heavy atom. The van der Waals surface area contributed by atoms with E-state index >= 15 is 0 Å². The Labute approximate surface area is 115 Å². The van der Waals surface area contributed by atoms with Gasteiger partial charge in [-0.05, 0) is 5.56 Å². The molecule has 0 saturated heterocycles. The molecule has 0 fully saturated rings. The van der Waals surface area contributed by atoms with Crippen molar-refractivity contribution in [1.82, 2.24) is 14.9 Å². The Kier molecular flexibility index (Phi) is 4.01. The number of nitrogens with one attached hydrogen (secondary N) is 2. The predicted molar refractivity (Wildman–Crippen MR) is 71.6 cm³/mol. The molecule has 20 heavy (non-hydrogen) atoms. The monoisotopic (exact) mass is 295 g/mol. The molecule has 0 radical (unpaired) electrons. The van der Waals surface area contributed by atoms with E-state index < -0.39 is 10.0 Å². The molecule has 0 saturated carbocycles. The van der Waals surface area contributed by atoms with Crippen LogP contribution in [0, 0.1) is 0 Å². The van der Waals surface area contributed by atoms with Gasteiger partial charge in [0.2, 0.25) is 10.0 Å². The van der Waals surface area contributed by atoms with Gasteiger partial charge in [0.05, 0.1) is 6.20 Å². The van der Waals surface area contributed by atoms with Gasteiger partial charge in [-0.2, -0.15) is 5.10 Å². The average molecular weight is 295 g/mol.